The summed E-state index contributed by atoms with van der Waals surface area (Å²) < 4.78 is 0. The molecule has 112 valence electrons. The minimum absolute atomic E-state index is 0.939. The quantitative estimate of drug-likeness (QED) is 0.799. The van der Waals surface area contributed by atoms with E-state index < -0.39 is 0 Å². The maximum absolute atomic E-state index is 3.58. The second-order valence-electron chi connectivity index (χ2n) is 6.55. The van der Waals surface area contributed by atoms with Gasteiger partial charge in [-0.05, 0) is 70.8 Å². The van der Waals surface area contributed by atoms with Crippen LogP contribution in [0.2, 0.25) is 0 Å². The highest BCUT2D eigenvalue weighted by Crippen LogP contribution is 2.15. The van der Waals surface area contributed by atoms with Crippen LogP contribution in [0.25, 0.3) is 0 Å². The summed E-state index contributed by atoms with van der Waals surface area (Å²) in [6.45, 7) is 12.7. The van der Waals surface area contributed by atoms with E-state index in [2.05, 4.69) is 49.2 Å². The molecule has 0 unspecified atom stereocenters. The summed E-state index contributed by atoms with van der Waals surface area (Å²) in [6.07, 6.45) is 4.03. The zero-order valence-electron chi connectivity index (χ0n) is 13.4. The van der Waals surface area contributed by atoms with E-state index in [0.29, 0.717) is 0 Å². The smallest absolute Gasteiger partial charge is 0.0205 e. The number of nitrogens with one attached hydrogen (secondary N) is 1. The molecule has 1 aromatic carbocycles. The molecule has 0 amide bonds. The topological polar surface area (TPSA) is 15.3 Å². The molecule has 2 heteroatoms. The molecule has 0 radical (unpaired) electrons. The average molecular weight is 274 g/mol. The SMILES string of the molecule is Cc1cc(C)cc(CNCCCN2CCC(C)CC2)c1. The van der Waals surface area contributed by atoms with Crippen molar-refractivity contribution in [2.45, 2.75) is 46.6 Å². The van der Waals surface area contributed by atoms with Gasteiger partial charge in [0.25, 0.3) is 0 Å². The largest absolute Gasteiger partial charge is 0.313 e. The van der Waals surface area contributed by atoms with Gasteiger partial charge in [-0.15, -0.1) is 0 Å². The minimum Gasteiger partial charge on any atom is -0.313 e. The van der Waals surface area contributed by atoms with Gasteiger partial charge in [0.2, 0.25) is 0 Å². The second kappa shape index (κ2) is 7.80. The third-order valence-electron chi connectivity index (χ3n) is 4.31. The first-order valence-corrected chi connectivity index (χ1v) is 8.14. The van der Waals surface area contributed by atoms with E-state index in [1.54, 1.807) is 0 Å². The van der Waals surface area contributed by atoms with E-state index in [1.807, 2.05) is 0 Å². The van der Waals surface area contributed by atoms with Gasteiger partial charge in [-0.3, -0.25) is 0 Å². The van der Waals surface area contributed by atoms with Gasteiger partial charge in [0.15, 0.2) is 0 Å². The number of hydrogen-bond donors (Lipinski definition) is 1. The molecule has 2 rings (SSSR count). The van der Waals surface area contributed by atoms with E-state index in [0.717, 1.165) is 19.0 Å². The van der Waals surface area contributed by atoms with Crippen LogP contribution in [0.4, 0.5) is 0 Å². The van der Waals surface area contributed by atoms with Gasteiger partial charge in [0.1, 0.15) is 0 Å². The Morgan fingerprint density at radius 3 is 2.40 bits per heavy atom. The molecule has 20 heavy (non-hydrogen) atoms. The van der Waals surface area contributed by atoms with Crippen molar-refractivity contribution < 1.29 is 0 Å². The molecule has 1 heterocycles. The van der Waals surface area contributed by atoms with E-state index in [4.69, 9.17) is 0 Å². The van der Waals surface area contributed by atoms with Crippen molar-refractivity contribution in [2.75, 3.05) is 26.2 Å². The Labute approximate surface area is 124 Å². The number of rotatable bonds is 6. The van der Waals surface area contributed by atoms with Crippen LogP contribution >= 0.6 is 0 Å². The summed E-state index contributed by atoms with van der Waals surface area (Å²) in [4.78, 5) is 2.62. The average Bonchev–Trinajstić information content (AvgIpc) is 2.39. The Kier molecular flexibility index (Phi) is 6.06. The monoisotopic (exact) mass is 274 g/mol. The fourth-order valence-electron chi connectivity index (χ4n) is 3.12. The summed E-state index contributed by atoms with van der Waals surface area (Å²) in [5, 5.41) is 3.58. The third-order valence-corrected chi connectivity index (χ3v) is 4.31. The van der Waals surface area contributed by atoms with E-state index in [1.165, 1.54) is 55.6 Å². The molecule has 0 spiro atoms. The highest BCUT2D eigenvalue weighted by Gasteiger charge is 2.14. The zero-order chi connectivity index (χ0) is 14.4. The van der Waals surface area contributed by atoms with Crippen LogP contribution in [0.15, 0.2) is 18.2 Å². The van der Waals surface area contributed by atoms with Crippen molar-refractivity contribution >= 4 is 0 Å². The predicted molar refractivity (Wildman–Crippen MR) is 87.1 cm³/mol. The molecule has 0 saturated carbocycles. The molecule has 1 N–H and O–H groups in total. The van der Waals surface area contributed by atoms with Crippen LogP contribution in [-0.2, 0) is 6.54 Å². The van der Waals surface area contributed by atoms with Crippen LogP contribution in [0.3, 0.4) is 0 Å². The van der Waals surface area contributed by atoms with Crippen molar-refractivity contribution in [3.05, 3.63) is 34.9 Å². The second-order valence-corrected chi connectivity index (χ2v) is 6.55. The van der Waals surface area contributed by atoms with Gasteiger partial charge in [0.05, 0.1) is 0 Å². The number of aryl methyl sites for hydroxylation is 2. The molecule has 2 nitrogen and oxygen atoms in total. The van der Waals surface area contributed by atoms with E-state index in [9.17, 15) is 0 Å². The highest BCUT2D eigenvalue weighted by molar-refractivity contribution is 5.28. The Bertz CT molecular complexity index is 386. The molecule has 1 aliphatic rings. The Balaban J connectivity index is 1.59. The lowest BCUT2D eigenvalue weighted by Gasteiger charge is -2.30. The lowest BCUT2D eigenvalue weighted by Crippen LogP contribution is -2.34. The van der Waals surface area contributed by atoms with Crippen molar-refractivity contribution in [3.63, 3.8) is 0 Å². The fraction of sp³-hybridized carbons (Fsp3) is 0.667. The molecule has 0 bridgehead atoms. The van der Waals surface area contributed by atoms with Crippen molar-refractivity contribution in [1.82, 2.24) is 10.2 Å². The Morgan fingerprint density at radius 2 is 1.75 bits per heavy atom. The lowest BCUT2D eigenvalue weighted by atomic mass is 9.99. The summed E-state index contributed by atoms with van der Waals surface area (Å²) in [6, 6.07) is 6.80. The molecule has 1 aromatic rings. The molecule has 0 atom stereocenters. The van der Waals surface area contributed by atoms with Gasteiger partial charge in [-0.1, -0.05) is 36.2 Å². The molecule has 0 aromatic heterocycles. The molecular formula is C18H30N2. The van der Waals surface area contributed by atoms with Crippen LogP contribution in [0, 0.1) is 19.8 Å². The number of piperidine rings is 1. The van der Waals surface area contributed by atoms with Crippen molar-refractivity contribution in [1.29, 1.82) is 0 Å². The standard InChI is InChI=1S/C18H30N2/c1-15-5-9-20(10-6-15)8-4-7-19-14-18-12-16(2)11-17(3)13-18/h11-13,15,19H,4-10,14H2,1-3H3. The highest BCUT2D eigenvalue weighted by atomic mass is 15.1. The predicted octanol–water partition coefficient (Wildman–Crippen LogP) is 3.52. The van der Waals surface area contributed by atoms with Gasteiger partial charge >= 0.3 is 0 Å². The van der Waals surface area contributed by atoms with Crippen molar-refractivity contribution in [3.8, 4) is 0 Å². The van der Waals surface area contributed by atoms with Gasteiger partial charge in [-0.25, -0.2) is 0 Å². The first-order valence-electron chi connectivity index (χ1n) is 8.14. The molecular weight excluding hydrogens is 244 g/mol. The van der Waals surface area contributed by atoms with Gasteiger partial charge in [-0.2, -0.15) is 0 Å². The third kappa shape index (κ3) is 5.26. The summed E-state index contributed by atoms with van der Waals surface area (Å²) >= 11 is 0. The number of nitrogens with zero attached hydrogens (tertiary/aromatic N) is 1. The number of benzene rings is 1. The first kappa shape index (κ1) is 15.5. The van der Waals surface area contributed by atoms with Crippen LogP contribution in [0.5, 0.6) is 0 Å². The maximum atomic E-state index is 3.58. The fourth-order valence-corrected chi connectivity index (χ4v) is 3.12. The van der Waals surface area contributed by atoms with E-state index in [-0.39, 0.29) is 0 Å². The number of likely N-dealkylation sites (tertiary alicyclic amines) is 1. The molecule has 1 fully saturated rings. The molecule has 1 saturated heterocycles. The number of hydrogen-bond acceptors (Lipinski definition) is 2. The lowest BCUT2D eigenvalue weighted by molar-refractivity contribution is 0.190. The van der Waals surface area contributed by atoms with E-state index >= 15 is 0 Å². The van der Waals surface area contributed by atoms with Crippen molar-refractivity contribution in [2.24, 2.45) is 5.92 Å². The van der Waals surface area contributed by atoms with Crippen LogP contribution in [0.1, 0.15) is 42.9 Å². The first-order chi connectivity index (χ1) is 9.63. The van der Waals surface area contributed by atoms with Gasteiger partial charge in [0, 0.05) is 6.54 Å². The maximum Gasteiger partial charge on any atom is 0.0205 e. The Hall–Kier alpha value is -0.860. The van der Waals surface area contributed by atoms with Crippen LogP contribution in [-0.4, -0.2) is 31.1 Å². The summed E-state index contributed by atoms with van der Waals surface area (Å²) in [5.74, 6) is 0.939. The normalized spacial score (nSPS) is 17.6. The zero-order valence-corrected chi connectivity index (χ0v) is 13.4. The van der Waals surface area contributed by atoms with Gasteiger partial charge < -0.3 is 10.2 Å². The van der Waals surface area contributed by atoms with Crippen LogP contribution < -0.4 is 5.32 Å². The summed E-state index contributed by atoms with van der Waals surface area (Å²) in [7, 11) is 0. The molecule has 1 aliphatic heterocycles. The molecule has 0 aliphatic carbocycles. The Morgan fingerprint density at radius 1 is 1.10 bits per heavy atom. The minimum atomic E-state index is 0.939. The summed E-state index contributed by atoms with van der Waals surface area (Å²) in [5.41, 5.74) is 4.14.